The van der Waals surface area contributed by atoms with E-state index >= 15 is 0 Å². The molecule has 0 radical (unpaired) electrons. The Morgan fingerprint density at radius 3 is 2.46 bits per heavy atom. The topological polar surface area (TPSA) is 99.4 Å². The lowest BCUT2D eigenvalue weighted by atomic mass is 9.65. The molecule has 1 saturated heterocycles. The van der Waals surface area contributed by atoms with Gasteiger partial charge in [-0.1, -0.05) is 55.2 Å². The lowest BCUT2D eigenvalue weighted by Gasteiger charge is -2.37. The number of fused-ring (bicyclic) bond motifs is 1. The van der Waals surface area contributed by atoms with Crippen LogP contribution < -0.4 is 5.43 Å². The van der Waals surface area contributed by atoms with Crippen LogP contribution in [0.1, 0.15) is 39.2 Å². The van der Waals surface area contributed by atoms with Gasteiger partial charge in [-0.2, -0.15) is 0 Å². The Bertz CT molecular complexity index is 1440. The van der Waals surface area contributed by atoms with Crippen LogP contribution in [-0.2, 0) is 20.8 Å². The number of benzene rings is 2. The van der Waals surface area contributed by atoms with E-state index in [2.05, 4.69) is 5.43 Å². The van der Waals surface area contributed by atoms with Crippen LogP contribution in [0, 0.1) is 16.7 Å². The summed E-state index contributed by atoms with van der Waals surface area (Å²) in [6.45, 7) is 5.32. The normalized spacial score (nSPS) is 24.4. The summed E-state index contributed by atoms with van der Waals surface area (Å²) in [7, 11) is 0. The molecule has 192 valence electrons. The van der Waals surface area contributed by atoms with Crippen LogP contribution >= 0.6 is 23.2 Å². The summed E-state index contributed by atoms with van der Waals surface area (Å²) in [5, 5.41) is 13.0. The van der Waals surface area contributed by atoms with Crippen molar-refractivity contribution in [1.82, 2.24) is 15.4 Å². The number of nitrogens with zero attached hydrogens (tertiary/aromatic N) is 2. The van der Waals surface area contributed by atoms with Gasteiger partial charge in [-0.05, 0) is 61.1 Å². The number of carboxylic acids is 1. The van der Waals surface area contributed by atoms with Crippen molar-refractivity contribution in [3.63, 3.8) is 0 Å². The summed E-state index contributed by atoms with van der Waals surface area (Å²) in [6.07, 6.45) is 1.32. The second-order valence-electron chi connectivity index (χ2n) is 10.7. The number of rotatable bonds is 6. The zero-order chi connectivity index (χ0) is 26.7. The fraction of sp³-hybridized carbons (Fsp3) is 0.357. The molecule has 3 atom stereocenters. The highest BCUT2D eigenvalue weighted by Gasteiger charge is 2.59. The van der Waals surface area contributed by atoms with Crippen LogP contribution in [0.15, 0.2) is 48.5 Å². The van der Waals surface area contributed by atoms with E-state index < -0.39 is 28.8 Å². The second kappa shape index (κ2) is 8.99. The van der Waals surface area contributed by atoms with Crippen molar-refractivity contribution in [3.05, 3.63) is 64.1 Å². The summed E-state index contributed by atoms with van der Waals surface area (Å²) in [5.74, 6) is -1.86. The summed E-state index contributed by atoms with van der Waals surface area (Å²) < 4.78 is 0. The molecule has 1 saturated carbocycles. The first-order chi connectivity index (χ1) is 17.4. The number of aromatic nitrogens is 1. The molecule has 2 heterocycles. The number of nitrogens with one attached hydrogen (secondary N) is 1. The van der Waals surface area contributed by atoms with E-state index in [-0.39, 0.29) is 11.8 Å². The largest absolute Gasteiger partial charge is 0.481 e. The molecule has 2 aliphatic rings. The van der Waals surface area contributed by atoms with Crippen LogP contribution in [0.2, 0.25) is 10.0 Å². The standard InChI is InChI=1S/C28H27Cl2N3O4/c1-27(2)17(11-12-28(27,3)26(36)37)24(34)32-33-22(25(33)35)14-15-7-9-20-16(13-15)8-10-21(31-20)23-18(29)5-4-6-19(23)30/h4-10,13,17,22H,11-12,14H2,1-3H3,(H,32,34)(H,36,37)/t17-,22+,28+,33?/m1/s1. The van der Waals surface area contributed by atoms with E-state index in [4.69, 9.17) is 28.2 Å². The van der Waals surface area contributed by atoms with Crippen molar-refractivity contribution in [2.45, 2.75) is 46.1 Å². The number of carboxylic acid groups (broad SMARTS) is 1. The smallest absolute Gasteiger partial charge is 0.309 e. The molecular weight excluding hydrogens is 513 g/mol. The lowest BCUT2D eigenvalue weighted by molar-refractivity contribution is -0.155. The van der Waals surface area contributed by atoms with Gasteiger partial charge in [0.2, 0.25) is 5.91 Å². The van der Waals surface area contributed by atoms with Gasteiger partial charge in [0.15, 0.2) is 0 Å². The van der Waals surface area contributed by atoms with Gasteiger partial charge < -0.3 is 5.11 Å². The maximum atomic E-state index is 13.0. The van der Waals surface area contributed by atoms with Gasteiger partial charge in [0.05, 0.1) is 26.7 Å². The molecule has 7 nitrogen and oxygen atoms in total. The first kappa shape index (κ1) is 25.5. The monoisotopic (exact) mass is 539 g/mol. The Balaban J connectivity index is 1.27. The third kappa shape index (κ3) is 4.24. The van der Waals surface area contributed by atoms with Crippen LogP contribution in [-0.4, -0.2) is 38.9 Å². The number of aliphatic carboxylic acids is 1. The van der Waals surface area contributed by atoms with Crippen molar-refractivity contribution >= 4 is 51.9 Å². The maximum Gasteiger partial charge on any atom is 0.309 e. The lowest BCUT2D eigenvalue weighted by Crippen LogP contribution is -2.46. The van der Waals surface area contributed by atoms with Gasteiger partial charge in [0, 0.05) is 23.3 Å². The maximum absolute atomic E-state index is 13.0. The third-order valence-electron chi connectivity index (χ3n) is 8.41. The first-order valence-electron chi connectivity index (χ1n) is 12.1. The van der Waals surface area contributed by atoms with E-state index in [9.17, 15) is 19.5 Å². The Hall–Kier alpha value is -3.16. The van der Waals surface area contributed by atoms with Crippen molar-refractivity contribution < 1.29 is 19.5 Å². The van der Waals surface area contributed by atoms with Gasteiger partial charge in [-0.15, -0.1) is 0 Å². The minimum Gasteiger partial charge on any atom is -0.481 e. The van der Waals surface area contributed by atoms with Crippen molar-refractivity contribution in [2.75, 3.05) is 0 Å². The number of halogens is 2. The minimum absolute atomic E-state index is 0.160. The number of carbonyl (C=O) groups is 3. The predicted molar refractivity (Wildman–Crippen MR) is 142 cm³/mol. The molecule has 0 unspecified atom stereocenters. The summed E-state index contributed by atoms with van der Waals surface area (Å²) in [5.41, 5.74) is 4.07. The Morgan fingerprint density at radius 2 is 1.81 bits per heavy atom. The summed E-state index contributed by atoms with van der Waals surface area (Å²) in [6, 6.07) is 14.5. The first-order valence-corrected chi connectivity index (χ1v) is 12.9. The van der Waals surface area contributed by atoms with Crippen LogP contribution in [0.4, 0.5) is 0 Å². The SMILES string of the molecule is CC1(C)[C@@H](C(=O)NN2C(=O)[C@@H]2Cc2ccc3nc(-c4c(Cl)cccc4Cl)ccc3c2)CC[C@@]1(C)C(=O)O. The molecule has 2 aromatic carbocycles. The van der Waals surface area contributed by atoms with Gasteiger partial charge >= 0.3 is 5.97 Å². The van der Waals surface area contributed by atoms with E-state index in [0.717, 1.165) is 16.5 Å². The van der Waals surface area contributed by atoms with Gasteiger partial charge in [0.1, 0.15) is 6.04 Å². The zero-order valence-electron chi connectivity index (χ0n) is 20.7. The quantitative estimate of drug-likeness (QED) is 0.401. The predicted octanol–water partition coefficient (Wildman–Crippen LogP) is 5.52. The van der Waals surface area contributed by atoms with Gasteiger partial charge in [0.25, 0.3) is 5.91 Å². The van der Waals surface area contributed by atoms with Crippen LogP contribution in [0.25, 0.3) is 22.2 Å². The molecule has 5 rings (SSSR count). The molecule has 2 amide bonds. The van der Waals surface area contributed by atoms with E-state index in [0.29, 0.717) is 40.6 Å². The highest BCUT2D eigenvalue weighted by atomic mass is 35.5. The fourth-order valence-electron chi connectivity index (χ4n) is 5.47. The third-order valence-corrected chi connectivity index (χ3v) is 9.04. The average molecular weight is 540 g/mol. The molecule has 1 aliphatic heterocycles. The Labute approximate surface area is 224 Å². The number of pyridine rings is 1. The zero-order valence-corrected chi connectivity index (χ0v) is 22.2. The van der Waals surface area contributed by atoms with E-state index in [1.54, 1.807) is 25.1 Å². The van der Waals surface area contributed by atoms with Crippen molar-refractivity contribution in [1.29, 1.82) is 0 Å². The molecule has 9 heteroatoms. The summed E-state index contributed by atoms with van der Waals surface area (Å²) in [4.78, 5) is 42.0. The van der Waals surface area contributed by atoms with E-state index in [1.165, 1.54) is 5.01 Å². The molecule has 2 fully saturated rings. The number of amides is 2. The molecule has 37 heavy (non-hydrogen) atoms. The van der Waals surface area contributed by atoms with Gasteiger partial charge in [-0.3, -0.25) is 19.8 Å². The molecule has 0 bridgehead atoms. The Kier molecular flexibility index (Phi) is 6.20. The Morgan fingerprint density at radius 1 is 1.11 bits per heavy atom. The second-order valence-corrected chi connectivity index (χ2v) is 11.5. The van der Waals surface area contributed by atoms with Crippen LogP contribution in [0.5, 0.6) is 0 Å². The van der Waals surface area contributed by atoms with Crippen LogP contribution in [0.3, 0.4) is 0 Å². The molecule has 1 aliphatic carbocycles. The number of hydrazine groups is 1. The summed E-state index contributed by atoms with van der Waals surface area (Å²) >= 11 is 12.7. The highest BCUT2D eigenvalue weighted by molar-refractivity contribution is 6.39. The average Bonchev–Trinajstić information content (AvgIpc) is 3.34. The molecule has 1 aromatic heterocycles. The molecule has 3 aromatic rings. The molecule has 2 N–H and O–H groups in total. The number of hydrogen-bond acceptors (Lipinski definition) is 4. The molecule has 0 spiro atoms. The molecular formula is C28H27Cl2N3O4. The van der Waals surface area contributed by atoms with Crippen molar-refractivity contribution in [2.24, 2.45) is 16.7 Å². The number of hydrogen-bond donors (Lipinski definition) is 2. The fourth-order valence-corrected chi connectivity index (χ4v) is 6.07. The number of carbonyl (C=O) groups excluding carboxylic acids is 2. The van der Waals surface area contributed by atoms with Crippen molar-refractivity contribution in [3.8, 4) is 11.3 Å². The van der Waals surface area contributed by atoms with Gasteiger partial charge in [-0.25, -0.2) is 9.99 Å². The highest BCUT2D eigenvalue weighted by Crippen LogP contribution is 2.56. The van der Waals surface area contributed by atoms with E-state index in [1.807, 2.05) is 44.2 Å². The minimum atomic E-state index is -0.993.